The van der Waals surface area contributed by atoms with E-state index in [1.54, 1.807) is 0 Å². The van der Waals surface area contributed by atoms with Crippen molar-refractivity contribution in [3.8, 4) is 59.6 Å². The molecule has 0 aromatic heterocycles. The number of hydrogen-bond acceptors (Lipinski definition) is 12. The second-order valence-electron chi connectivity index (χ2n) is 3.60. The maximum atomic E-state index is 8.58. The third kappa shape index (κ3) is 3.86. The van der Waals surface area contributed by atoms with Gasteiger partial charge in [-0.15, -0.1) is 0 Å². The summed E-state index contributed by atoms with van der Waals surface area (Å²) < 4.78 is 0. The molecule has 17 heteroatoms. The molecule has 0 saturated heterocycles. The van der Waals surface area contributed by atoms with E-state index in [4.69, 9.17) is 63.1 Å². The van der Waals surface area contributed by atoms with E-state index in [-0.39, 0.29) is 50.3 Å². The number of rotatable bonds is 0. The van der Waals surface area contributed by atoms with Crippen molar-refractivity contribution in [1.82, 2.24) is 0 Å². The zero-order valence-corrected chi connectivity index (χ0v) is 18.4. The fraction of sp³-hybridized carbons (Fsp3) is 0. The van der Waals surface area contributed by atoms with E-state index >= 15 is 0 Å². The number of hydrogen-bond donors (Lipinski definition) is 0. The zero-order valence-electron chi connectivity index (χ0n) is 13.1. The summed E-state index contributed by atoms with van der Waals surface area (Å²) in [4.78, 5) is 12.4. The first kappa shape index (κ1) is 36.4. The third-order valence-electron chi connectivity index (χ3n) is 2.37. The number of nitrogens with zero attached hydrogens (tertiary/aromatic N) is 12. The van der Waals surface area contributed by atoms with Gasteiger partial charge in [0, 0.05) is 0 Å². The third-order valence-corrected chi connectivity index (χ3v) is 9.78. The van der Waals surface area contributed by atoms with Gasteiger partial charge in [0.05, 0.1) is 0 Å². The molecule has 29 heavy (non-hydrogen) atoms. The van der Waals surface area contributed by atoms with Gasteiger partial charge in [-0.2, -0.15) is 0 Å². The van der Waals surface area contributed by atoms with Crippen LogP contribution in [0, 0.1) is 123 Å². The predicted molar refractivity (Wildman–Crippen MR) is 67.4 cm³/mol. The van der Waals surface area contributed by atoms with Gasteiger partial charge >= 0.3 is 195 Å². The number of nitriles is 12. The predicted octanol–water partition coefficient (Wildman–Crippen LogP) is 0.189. The van der Waals surface area contributed by atoms with Crippen molar-refractivity contribution in [3.63, 3.8) is 0 Å². The van der Waals surface area contributed by atoms with E-state index in [1.807, 2.05) is 0 Å². The van der Waals surface area contributed by atoms with Crippen LogP contribution in [0.2, 0.25) is 0 Å². The van der Waals surface area contributed by atoms with Gasteiger partial charge in [-0.25, -0.2) is 0 Å². The summed E-state index contributed by atoms with van der Waals surface area (Å²) in [6, 6.07) is 0. The summed E-state index contributed by atoms with van der Waals surface area (Å²) in [5.74, 6) is 0. The van der Waals surface area contributed by atoms with Gasteiger partial charge in [0.2, 0.25) is 0 Å². The van der Waals surface area contributed by atoms with Gasteiger partial charge in [-0.1, -0.05) is 0 Å². The fourth-order valence-electron chi connectivity index (χ4n) is 0.530. The van der Waals surface area contributed by atoms with Crippen molar-refractivity contribution in [1.29, 1.82) is 63.1 Å². The summed E-state index contributed by atoms with van der Waals surface area (Å²) in [6.07, 6.45) is 0. The zero-order chi connectivity index (χ0) is 21.3. The molecule has 151 valence electrons. The Kier molecular flexibility index (Phi) is 11.4. The summed E-state index contributed by atoms with van der Waals surface area (Å²) in [7, 11) is -12.3. The normalized spacial score (nSPS) is 12.0. The Labute approximate surface area is 193 Å². The molecule has 0 heterocycles. The summed E-state index contributed by atoms with van der Waals surface area (Å²) in [5.41, 5.74) is 0. The van der Waals surface area contributed by atoms with E-state index in [9.17, 15) is 0 Å². The molecule has 0 atom stereocenters. The molecule has 0 aromatic carbocycles. The molecule has 0 unspecified atom stereocenters. The molecule has 0 aromatic rings. The van der Waals surface area contributed by atoms with Crippen molar-refractivity contribution in [2.45, 2.75) is 0 Å². The maximum absolute atomic E-state index is 8.58. The molecule has 0 spiro atoms. The minimum absolute atomic E-state index is 0. The second-order valence-corrected chi connectivity index (χ2v) is 14.8. The van der Waals surface area contributed by atoms with Crippen LogP contribution in [0.25, 0.3) is 0 Å². The first-order chi connectivity index (χ1) is 11.9. The van der Waals surface area contributed by atoms with Gasteiger partial charge in [0.15, 0.2) is 0 Å². The Morgan fingerprint density at radius 2 is 0.310 bits per heavy atom. The van der Waals surface area contributed by atoms with Crippen LogP contribution in [-0.2, 0) is 71.8 Å². The van der Waals surface area contributed by atoms with Gasteiger partial charge in [0.25, 0.3) is 0 Å². The van der Waals surface area contributed by atoms with Crippen LogP contribution in [-0.4, -0.2) is 0 Å². The Morgan fingerprint density at radius 3 is 0.310 bits per heavy atom. The topological polar surface area (TPSA) is 285 Å². The Hall–Kier alpha value is -3.56. The molecule has 0 amide bonds. The Balaban J connectivity index is -0.000000120. The molecule has 0 fully saturated rings. The minimum Gasteiger partial charge on any atom is 2.00 e. The standard InChI is InChI=1S/12CN.3Co.2Fe/c12*1-2;;;;;/q;;;;;;;;;;;;3*+2;2*-3. The minimum atomic E-state index is -6.17. The molecule has 0 aliphatic rings. The molecule has 0 saturated carbocycles. The van der Waals surface area contributed by atoms with Crippen LogP contribution in [0.5, 0.6) is 0 Å². The fourth-order valence-corrected chi connectivity index (χ4v) is 2.19. The molecule has 3 radical (unpaired) electrons. The largest absolute Gasteiger partial charge is 2.00 e. The maximum Gasteiger partial charge on any atom is 2.00 e. The molecule has 0 aliphatic heterocycles. The van der Waals surface area contributed by atoms with Crippen LogP contribution >= 0.6 is 0 Å². The van der Waals surface area contributed by atoms with Gasteiger partial charge in [-0.3, -0.25) is 0 Å². The van der Waals surface area contributed by atoms with Gasteiger partial charge < -0.3 is 0 Å². The van der Waals surface area contributed by atoms with E-state index < -0.39 is 21.5 Å². The van der Waals surface area contributed by atoms with Gasteiger partial charge in [-0.05, 0) is 0 Å². The molecule has 0 bridgehead atoms. The molecular formula is C12Co3Fe2N12. The summed E-state index contributed by atoms with van der Waals surface area (Å²) >= 11 is 0. The smallest absolute Gasteiger partial charge is 2.00 e. The van der Waals surface area contributed by atoms with E-state index in [1.165, 1.54) is 0 Å². The van der Waals surface area contributed by atoms with Crippen molar-refractivity contribution in [2.75, 3.05) is 0 Å². The van der Waals surface area contributed by atoms with Gasteiger partial charge in [0.1, 0.15) is 0 Å². The van der Waals surface area contributed by atoms with Crippen molar-refractivity contribution < 1.29 is 71.8 Å². The van der Waals surface area contributed by atoms with E-state index in [0.717, 1.165) is 59.6 Å². The first-order valence-electron chi connectivity index (χ1n) is 4.80. The molecule has 0 N–H and O–H groups in total. The molecule has 12 nitrogen and oxygen atoms in total. The quantitative estimate of drug-likeness (QED) is 0.336. The summed E-state index contributed by atoms with van der Waals surface area (Å²) in [6.45, 7) is 0. The molecular weight excluding hydrogens is 601 g/mol. The summed E-state index contributed by atoms with van der Waals surface area (Å²) in [5, 5.41) is 103. The van der Waals surface area contributed by atoms with Crippen molar-refractivity contribution >= 4 is 0 Å². The van der Waals surface area contributed by atoms with Crippen LogP contribution in [0.15, 0.2) is 0 Å². The molecule has 0 aliphatic carbocycles. The van der Waals surface area contributed by atoms with Crippen LogP contribution in [0.4, 0.5) is 0 Å². The van der Waals surface area contributed by atoms with Crippen molar-refractivity contribution in [3.05, 3.63) is 0 Å². The van der Waals surface area contributed by atoms with E-state index in [0.29, 0.717) is 0 Å². The molecule has 0 rings (SSSR count). The monoisotopic (exact) mass is 601 g/mol. The van der Waals surface area contributed by atoms with E-state index in [2.05, 4.69) is 0 Å². The second kappa shape index (κ2) is 9.09. The first-order valence-corrected chi connectivity index (χ1v) is 11.4. The Morgan fingerprint density at radius 1 is 0.241 bits per heavy atom. The van der Waals surface area contributed by atoms with Crippen molar-refractivity contribution in [2.24, 2.45) is 0 Å². The van der Waals surface area contributed by atoms with Crippen LogP contribution in [0.3, 0.4) is 0 Å². The average Bonchev–Trinajstić information content (AvgIpc) is 2.77. The SMILES string of the molecule is N#[C][Fe-3]([C]#N)([C]#N)([C]#N)([C]#N)[C]#N.N#[C][Fe-3]([C]#N)([C]#N)([C]#N)([C]#N)[C]#N.[Co+2].[Co+2].[Co+2]. The van der Waals surface area contributed by atoms with Crippen LogP contribution < -0.4 is 0 Å². The van der Waals surface area contributed by atoms with Crippen LogP contribution in [0.1, 0.15) is 0 Å². The Bertz CT molecular complexity index is 890. The average molecular weight is 601 g/mol.